The summed E-state index contributed by atoms with van der Waals surface area (Å²) in [5, 5.41) is 12.1. The van der Waals surface area contributed by atoms with E-state index in [2.05, 4.69) is 29.2 Å². The highest BCUT2D eigenvalue weighted by Crippen LogP contribution is 2.35. The Labute approximate surface area is 161 Å². The molecule has 1 unspecified atom stereocenters. The summed E-state index contributed by atoms with van der Waals surface area (Å²) in [7, 11) is 0. The van der Waals surface area contributed by atoms with Gasteiger partial charge in [-0.2, -0.15) is 0 Å². The molecular weight excluding hydrogens is 356 g/mol. The average Bonchev–Trinajstić information content (AvgIpc) is 3.13. The number of nitrogens with zero attached hydrogens (tertiary/aromatic N) is 2. The molecule has 1 N–H and O–H groups in total. The molecule has 1 atom stereocenters. The van der Waals surface area contributed by atoms with Gasteiger partial charge in [0.2, 0.25) is 0 Å². The molecular formula is C22H18N2O2S. The zero-order valence-electron chi connectivity index (χ0n) is 14.5. The van der Waals surface area contributed by atoms with Gasteiger partial charge in [0.15, 0.2) is 5.16 Å². The Bertz CT molecular complexity index is 1070. The van der Waals surface area contributed by atoms with Crippen LogP contribution in [0.5, 0.6) is 0 Å². The van der Waals surface area contributed by atoms with Crippen LogP contribution in [0.3, 0.4) is 0 Å². The van der Waals surface area contributed by atoms with E-state index >= 15 is 0 Å². The molecule has 0 amide bonds. The zero-order chi connectivity index (χ0) is 18.6. The fourth-order valence-electron chi connectivity index (χ4n) is 3.14. The summed E-state index contributed by atoms with van der Waals surface area (Å²) in [6.07, 6.45) is 3.62. The predicted octanol–water partition coefficient (Wildman–Crippen LogP) is 5.00. The number of hydrogen-bond donors (Lipinski definition) is 1. The second-order valence-corrected chi connectivity index (χ2v) is 7.30. The monoisotopic (exact) mass is 374 g/mol. The van der Waals surface area contributed by atoms with Gasteiger partial charge in [-0.05, 0) is 21.9 Å². The van der Waals surface area contributed by atoms with Crippen LogP contribution in [0.4, 0.5) is 0 Å². The van der Waals surface area contributed by atoms with Crippen LogP contribution < -0.4 is 0 Å². The molecule has 1 heterocycles. The first-order valence-corrected chi connectivity index (χ1v) is 9.52. The fourth-order valence-corrected chi connectivity index (χ4v) is 4.13. The lowest BCUT2D eigenvalue weighted by atomic mass is 10.0. The van der Waals surface area contributed by atoms with Crippen LogP contribution in [0, 0.1) is 0 Å². The molecule has 0 saturated carbocycles. The Hall–Kier alpha value is -3.05. The number of carboxylic acids is 1. The first-order valence-electron chi connectivity index (χ1n) is 8.64. The van der Waals surface area contributed by atoms with Crippen molar-refractivity contribution in [3.63, 3.8) is 0 Å². The number of benzene rings is 3. The third-order valence-corrected chi connectivity index (χ3v) is 5.71. The van der Waals surface area contributed by atoms with E-state index in [0.717, 1.165) is 5.56 Å². The van der Waals surface area contributed by atoms with Crippen molar-refractivity contribution < 1.29 is 9.90 Å². The Morgan fingerprint density at radius 3 is 2.56 bits per heavy atom. The molecule has 0 aliphatic rings. The number of thioether (sulfide) groups is 1. The molecule has 0 aliphatic carbocycles. The summed E-state index contributed by atoms with van der Waals surface area (Å²) in [6, 6.07) is 23.8. The van der Waals surface area contributed by atoms with Gasteiger partial charge < -0.3 is 9.67 Å². The number of carboxylic acid groups (broad SMARTS) is 1. The normalized spacial score (nSPS) is 12.1. The van der Waals surface area contributed by atoms with E-state index in [4.69, 9.17) is 0 Å². The van der Waals surface area contributed by atoms with Gasteiger partial charge in [-0.15, -0.1) is 0 Å². The maximum atomic E-state index is 11.8. The SMILES string of the molecule is O=C(O)C(Sc1nccn1Cc1cccc2ccccc12)c1ccccc1. The van der Waals surface area contributed by atoms with E-state index < -0.39 is 11.2 Å². The first-order chi connectivity index (χ1) is 13.2. The highest BCUT2D eigenvalue weighted by molar-refractivity contribution is 8.00. The van der Waals surface area contributed by atoms with Crippen molar-refractivity contribution in [3.05, 3.63) is 96.3 Å². The maximum Gasteiger partial charge on any atom is 0.321 e. The standard InChI is InChI=1S/C22H18N2O2S/c25-21(26)20(17-8-2-1-3-9-17)27-22-23-13-14-24(22)15-18-11-6-10-16-7-4-5-12-19(16)18/h1-14,20H,15H2,(H,25,26). The molecule has 0 spiro atoms. The molecule has 5 heteroatoms. The van der Waals surface area contributed by atoms with Gasteiger partial charge in [-0.3, -0.25) is 4.79 Å². The lowest BCUT2D eigenvalue weighted by molar-refractivity contribution is -0.136. The highest BCUT2D eigenvalue weighted by Gasteiger charge is 2.23. The van der Waals surface area contributed by atoms with Crippen LogP contribution in [0.2, 0.25) is 0 Å². The molecule has 4 aromatic rings. The summed E-state index contributed by atoms with van der Waals surface area (Å²) in [4.78, 5) is 16.2. The molecule has 0 fully saturated rings. The van der Waals surface area contributed by atoms with Crippen molar-refractivity contribution in [2.24, 2.45) is 0 Å². The highest BCUT2D eigenvalue weighted by atomic mass is 32.2. The van der Waals surface area contributed by atoms with Crippen molar-refractivity contribution in [2.75, 3.05) is 0 Å². The van der Waals surface area contributed by atoms with Crippen LogP contribution >= 0.6 is 11.8 Å². The summed E-state index contributed by atoms with van der Waals surface area (Å²) < 4.78 is 2.01. The van der Waals surface area contributed by atoms with Crippen molar-refractivity contribution in [1.29, 1.82) is 0 Å². The number of imidazole rings is 1. The third-order valence-electron chi connectivity index (χ3n) is 4.45. The van der Waals surface area contributed by atoms with Crippen molar-refractivity contribution in [3.8, 4) is 0 Å². The summed E-state index contributed by atoms with van der Waals surface area (Å²) in [5.74, 6) is -0.870. The molecule has 3 aromatic carbocycles. The summed E-state index contributed by atoms with van der Waals surface area (Å²) in [6.45, 7) is 0.644. The molecule has 0 bridgehead atoms. The van der Waals surface area contributed by atoms with E-state index in [1.165, 1.54) is 28.1 Å². The van der Waals surface area contributed by atoms with E-state index in [0.29, 0.717) is 11.7 Å². The molecule has 0 saturated heterocycles. The number of aromatic nitrogens is 2. The minimum atomic E-state index is -0.870. The van der Waals surface area contributed by atoms with Crippen LogP contribution in [0.25, 0.3) is 10.8 Å². The quantitative estimate of drug-likeness (QED) is 0.482. The predicted molar refractivity (Wildman–Crippen MR) is 108 cm³/mol. The third kappa shape index (κ3) is 3.73. The van der Waals surface area contributed by atoms with E-state index in [1.807, 2.05) is 59.3 Å². The van der Waals surface area contributed by atoms with Crippen LogP contribution in [0.15, 0.2) is 90.3 Å². The van der Waals surface area contributed by atoms with Crippen molar-refractivity contribution in [2.45, 2.75) is 17.0 Å². The minimum absolute atomic E-state index is 0.644. The average molecular weight is 374 g/mol. The van der Waals surface area contributed by atoms with Gasteiger partial charge in [-0.25, -0.2) is 4.98 Å². The molecule has 134 valence electrons. The molecule has 0 radical (unpaired) electrons. The topological polar surface area (TPSA) is 55.1 Å². The molecule has 4 nitrogen and oxygen atoms in total. The second-order valence-electron chi connectivity index (χ2n) is 6.22. The van der Waals surface area contributed by atoms with E-state index in [-0.39, 0.29) is 0 Å². The fraction of sp³-hybridized carbons (Fsp3) is 0.0909. The molecule has 1 aromatic heterocycles. The second kappa shape index (κ2) is 7.68. The Morgan fingerprint density at radius 2 is 1.74 bits per heavy atom. The molecule has 0 aliphatic heterocycles. The van der Waals surface area contributed by atoms with Gasteiger partial charge in [-0.1, -0.05) is 84.6 Å². The van der Waals surface area contributed by atoms with Gasteiger partial charge in [0.25, 0.3) is 0 Å². The lowest BCUT2D eigenvalue weighted by Crippen LogP contribution is -2.10. The van der Waals surface area contributed by atoms with Gasteiger partial charge in [0, 0.05) is 12.4 Å². The van der Waals surface area contributed by atoms with E-state index in [1.54, 1.807) is 6.20 Å². The van der Waals surface area contributed by atoms with Gasteiger partial charge in [0.1, 0.15) is 5.25 Å². The molecule has 27 heavy (non-hydrogen) atoms. The lowest BCUT2D eigenvalue weighted by Gasteiger charge is -2.14. The minimum Gasteiger partial charge on any atom is -0.480 e. The smallest absolute Gasteiger partial charge is 0.321 e. The van der Waals surface area contributed by atoms with Crippen LogP contribution in [-0.2, 0) is 11.3 Å². The number of carbonyl (C=O) groups is 1. The number of hydrogen-bond acceptors (Lipinski definition) is 3. The van der Waals surface area contributed by atoms with Crippen molar-refractivity contribution in [1.82, 2.24) is 9.55 Å². The zero-order valence-corrected chi connectivity index (χ0v) is 15.3. The van der Waals surface area contributed by atoms with Crippen molar-refractivity contribution >= 4 is 28.5 Å². The Balaban J connectivity index is 1.64. The first kappa shape index (κ1) is 17.4. The summed E-state index contributed by atoms with van der Waals surface area (Å²) in [5.41, 5.74) is 1.94. The Morgan fingerprint density at radius 1 is 1.00 bits per heavy atom. The largest absolute Gasteiger partial charge is 0.480 e. The molecule has 4 rings (SSSR count). The summed E-state index contributed by atoms with van der Waals surface area (Å²) >= 11 is 1.26. The maximum absolute atomic E-state index is 11.8. The van der Waals surface area contributed by atoms with Gasteiger partial charge in [0.05, 0.1) is 6.54 Å². The van der Waals surface area contributed by atoms with Crippen LogP contribution in [-0.4, -0.2) is 20.6 Å². The van der Waals surface area contributed by atoms with E-state index in [9.17, 15) is 9.90 Å². The Kier molecular flexibility index (Phi) is 4.94. The number of rotatable bonds is 6. The van der Waals surface area contributed by atoms with Gasteiger partial charge >= 0.3 is 5.97 Å². The van der Waals surface area contributed by atoms with Crippen LogP contribution in [0.1, 0.15) is 16.4 Å². The number of fused-ring (bicyclic) bond motifs is 1. The number of aliphatic carboxylic acids is 1.